The molecule has 1 saturated heterocycles. The van der Waals surface area contributed by atoms with Crippen molar-refractivity contribution in [3.63, 3.8) is 0 Å². The second-order valence-corrected chi connectivity index (χ2v) is 8.84. The van der Waals surface area contributed by atoms with Crippen LogP contribution < -0.4 is 5.32 Å². The van der Waals surface area contributed by atoms with Crippen molar-refractivity contribution < 1.29 is 24.2 Å². The van der Waals surface area contributed by atoms with Crippen LogP contribution in [0.2, 0.25) is 0 Å². The molecule has 8 heteroatoms. The van der Waals surface area contributed by atoms with Crippen molar-refractivity contribution in [3.8, 4) is 0 Å². The van der Waals surface area contributed by atoms with Crippen molar-refractivity contribution in [2.75, 3.05) is 26.7 Å². The molecule has 2 aliphatic heterocycles. The number of amides is 3. The number of fused-ring (bicyclic) bond motifs is 2. The van der Waals surface area contributed by atoms with Gasteiger partial charge >= 0.3 is 12.0 Å². The van der Waals surface area contributed by atoms with Crippen LogP contribution >= 0.6 is 0 Å². The van der Waals surface area contributed by atoms with Gasteiger partial charge in [-0.05, 0) is 51.2 Å². The van der Waals surface area contributed by atoms with Gasteiger partial charge in [0.1, 0.15) is 11.6 Å². The van der Waals surface area contributed by atoms with Crippen LogP contribution in [0, 0.1) is 5.92 Å². The summed E-state index contributed by atoms with van der Waals surface area (Å²) in [7, 11) is 1.69. The Bertz CT molecular complexity index is 844. The number of hydrogen-bond acceptors (Lipinski definition) is 5. The van der Waals surface area contributed by atoms with Gasteiger partial charge in [0.05, 0.1) is 12.7 Å². The van der Waals surface area contributed by atoms with E-state index >= 15 is 0 Å². The molecule has 0 aromatic carbocycles. The van der Waals surface area contributed by atoms with E-state index in [9.17, 15) is 19.5 Å². The third-order valence-electron chi connectivity index (χ3n) is 6.14. The van der Waals surface area contributed by atoms with Crippen LogP contribution in [0.15, 0.2) is 29.0 Å². The molecule has 0 aromatic heterocycles. The molecule has 170 valence electrons. The van der Waals surface area contributed by atoms with Gasteiger partial charge < -0.3 is 25.0 Å². The summed E-state index contributed by atoms with van der Waals surface area (Å²) in [5.74, 6) is -0.863. The maximum Gasteiger partial charge on any atom is 0.332 e. The number of aliphatic hydroxyl groups is 1. The second-order valence-electron chi connectivity index (χ2n) is 8.84. The van der Waals surface area contributed by atoms with Gasteiger partial charge in [0, 0.05) is 32.5 Å². The number of esters is 1. The Balaban J connectivity index is 1.93. The first kappa shape index (κ1) is 23.1. The first-order chi connectivity index (χ1) is 14.7. The molecular formula is C23H33N3O5. The predicted octanol–water partition coefficient (Wildman–Crippen LogP) is 1.75. The number of aliphatic hydroxyl groups excluding tert-OH is 1. The van der Waals surface area contributed by atoms with Gasteiger partial charge in [0.15, 0.2) is 0 Å². The number of urea groups is 1. The van der Waals surface area contributed by atoms with Crippen molar-refractivity contribution in [3.05, 3.63) is 29.0 Å². The number of carbonyl (C=O) groups excluding carboxylic acids is 3. The van der Waals surface area contributed by atoms with E-state index in [2.05, 4.69) is 11.0 Å². The molecule has 2 heterocycles. The maximum absolute atomic E-state index is 13.1. The van der Waals surface area contributed by atoms with Gasteiger partial charge in [0.25, 0.3) is 0 Å². The average Bonchev–Trinajstić information content (AvgIpc) is 3.25. The highest BCUT2D eigenvalue weighted by Gasteiger charge is 2.62. The van der Waals surface area contributed by atoms with Crippen LogP contribution in [0.4, 0.5) is 4.79 Å². The fourth-order valence-corrected chi connectivity index (χ4v) is 4.46. The summed E-state index contributed by atoms with van der Waals surface area (Å²) in [5, 5.41) is 13.0. The molecule has 1 aliphatic carbocycles. The Labute approximate surface area is 183 Å². The Morgan fingerprint density at radius 1 is 1.35 bits per heavy atom. The van der Waals surface area contributed by atoms with E-state index in [0.717, 1.165) is 24.0 Å². The summed E-state index contributed by atoms with van der Waals surface area (Å²) in [6, 6.07) is -1.31. The average molecular weight is 432 g/mol. The molecule has 31 heavy (non-hydrogen) atoms. The highest BCUT2D eigenvalue weighted by atomic mass is 16.5. The van der Waals surface area contributed by atoms with Crippen LogP contribution in [-0.4, -0.2) is 77.2 Å². The number of nitrogens with zero attached hydrogens (tertiary/aromatic N) is 2. The lowest BCUT2D eigenvalue weighted by Gasteiger charge is -2.29. The molecule has 3 aliphatic rings. The quantitative estimate of drug-likeness (QED) is 0.394. The lowest BCUT2D eigenvalue weighted by molar-refractivity contribution is -0.147. The van der Waals surface area contributed by atoms with Crippen LogP contribution in [0.3, 0.4) is 0 Å². The van der Waals surface area contributed by atoms with Crippen LogP contribution in [0.25, 0.3) is 0 Å². The lowest BCUT2D eigenvalue weighted by atomic mass is 10.1. The third kappa shape index (κ3) is 5.02. The van der Waals surface area contributed by atoms with E-state index in [-0.39, 0.29) is 31.4 Å². The number of ether oxygens (including phenoxy) is 1. The third-order valence-corrected chi connectivity index (χ3v) is 6.14. The minimum Gasteiger partial charge on any atom is -0.464 e. The molecule has 8 nitrogen and oxygen atoms in total. The molecule has 2 fully saturated rings. The monoisotopic (exact) mass is 431 g/mol. The first-order valence-electron chi connectivity index (χ1n) is 11.0. The lowest BCUT2D eigenvalue weighted by Crippen LogP contribution is -2.55. The molecule has 0 bridgehead atoms. The zero-order valence-corrected chi connectivity index (χ0v) is 18.8. The van der Waals surface area contributed by atoms with Gasteiger partial charge in [-0.3, -0.25) is 4.79 Å². The smallest absolute Gasteiger partial charge is 0.332 e. The molecule has 3 amide bonds. The zero-order valence-electron chi connectivity index (χ0n) is 18.8. The predicted molar refractivity (Wildman–Crippen MR) is 115 cm³/mol. The number of hydrogen-bond donors (Lipinski definition) is 2. The van der Waals surface area contributed by atoms with Gasteiger partial charge in [-0.1, -0.05) is 12.2 Å². The zero-order chi connectivity index (χ0) is 22.8. The van der Waals surface area contributed by atoms with Crippen LogP contribution in [0.5, 0.6) is 0 Å². The minimum atomic E-state index is -1.12. The first-order valence-corrected chi connectivity index (χ1v) is 11.0. The number of allylic oxidation sites excluding steroid dienone is 1. The van der Waals surface area contributed by atoms with Gasteiger partial charge in [-0.2, -0.15) is 0 Å². The number of likely N-dealkylation sites (N-methyl/N-ethyl adjacent to an activating group) is 1. The summed E-state index contributed by atoms with van der Waals surface area (Å²) in [6.45, 7) is 6.32. The van der Waals surface area contributed by atoms with E-state index in [1.54, 1.807) is 18.9 Å². The highest BCUT2D eigenvalue weighted by molar-refractivity contribution is 5.93. The van der Waals surface area contributed by atoms with Gasteiger partial charge in [-0.15, -0.1) is 5.73 Å². The van der Waals surface area contributed by atoms with E-state index in [1.165, 1.54) is 4.90 Å². The Kier molecular flexibility index (Phi) is 6.92. The normalized spacial score (nSPS) is 33.0. The summed E-state index contributed by atoms with van der Waals surface area (Å²) < 4.78 is 5.23. The molecule has 0 spiro atoms. The van der Waals surface area contributed by atoms with Crippen LogP contribution in [-0.2, 0) is 14.3 Å². The summed E-state index contributed by atoms with van der Waals surface area (Å²) in [6.07, 6.45) is 5.44. The van der Waals surface area contributed by atoms with Crippen LogP contribution in [0.1, 0.15) is 46.5 Å². The molecule has 0 aromatic rings. The molecule has 0 unspecified atom stereocenters. The Morgan fingerprint density at radius 3 is 2.81 bits per heavy atom. The Hall–Kier alpha value is -2.57. The summed E-state index contributed by atoms with van der Waals surface area (Å²) in [4.78, 5) is 41.8. The molecule has 3 rings (SSSR count). The van der Waals surface area contributed by atoms with Crippen molar-refractivity contribution in [1.29, 1.82) is 0 Å². The molecule has 1 saturated carbocycles. The molecule has 0 radical (unpaired) electrons. The highest BCUT2D eigenvalue weighted by Crippen LogP contribution is 2.46. The second kappa shape index (κ2) is 9.28. The largest absolute Gasteiger partial charge is 0.464 e. The van der Waals surface area contributed by atoms with E-state index < -0.39 is 29.7 Å². The van der Waals surface area contributed by atoms with Gasteiger partial charge in [-0.25, -0.2) is 9.59 Å². The van der Waals surface area contributed by atoms with Crippen molar-refractivity contribution in [1.82, 2.24) is 15.1 Å². The van der Waals surface area contributed by atoms with E-state index in [1.807, 2.05) is 26.0 Å². The minimum absolute atomic E-state index is 0.0450. The number of nitrogens with one attached hydrogen (secondary N) is 1. The summed E-state index contributed by atoms with van der Waals surface area (Å²) in [5.41, 5.74) is 4.25. The SMILES string of the molecule is CCOC(=O)[C@@]12C[C@H]1/C=C\CCC(C)=C=C(C)CN(C)C(=O)[C@@H]1C[C@@H](O)CN1C(=O)N2. The number of rotatable bonds is 2. The van der Waals surface area contributed by atoms with Gasteiger partial charge in [0.2, 0.25) is 5.91 Å². The standard InChI is InChI=1S/C23H33N3O5/c1-5-31-21(29)23-12-17(23)9-7-6-8-15(2)10-16(3)13-25(4)20(28)19-11-18(27)14-26(19)22(30)24-23/h7,9,17-19,27H,5-6,8,11-14H2,1-4H3,(H,24,30)/b9-7-/t10?,17-,18-,19+,23-/m1/s1. The molecule has 2 N–H and O–H groups in total. The molecule has 4 atom stereocenters. The van der Waals surface area contributed by atoms with E-state index in [4.69, 9.17) is 4.74 Å². The fraction of sp³-hybridized carbons (Fsp3) is 0.652. The van der Waals surface area contributed by atoms with E-state index in [0.29, 0.717) is 13.0 Å². The fourth-order valence-electron chi connectivity index (χ4n) is 4.46. The Morgan fingerprint density at radius 2 is 2.10 bits per heavy atom. The van der Waals surface area contributed by atoms with Crippen molar-refractivity contribution >= 4 is 17.9 Å². The number of carbonyl (C=O) groups is 3. The van der Waals surface area contributed by atoms with Crippen molar-refractivity contribution in [2.24, 2.45) is 5.92 Å². The topological polar surface area (TPSA) is 99.2 Å². The summed E-state index contributed by atoms with van der Waals surface area (Å²) >= 11 is 0. The maximum atomic E-state index is 13.1. The van der Waals surface area contributed by atoms with Crippen molar-refractivity contribution in [2.45, 2.75) is 64.1 Å². The molecular weight excluding hydrogens is 398 g/mol.